The molecule has 0 fully saturated rings. The fourth-order valence-electron chi connectivity index (χ4n) is 1.24. The molecule has 0 aliphatic carbocycles. The van der Waals surface area contributed by atoms with Gasteiger partial charge in [-0.1, -0.05) is 33.4 Å². The minimum Gasteiger partial charge on any atom is -0.490 e. The van der Waals surface area contributed by atoms with E-state index in [2.05, 4.69) is 17.2 Å². The van der Waals surface area contributed by atoms with E-state index >= 15 is 0 Å². The molecule has 5 heteroatoms. The number of hydrogen-bond acceptors (Lipinski definition) is 3. The first-order valence-electron chi connectivity index (χ1n) is 6.29. The molecule has 1 aromatic carbocycles. The summed E-state index contributed by atoms with van der Waals surface area (Å²) in [6, 6.07) is 7.29. The molecular weight excluding hydrogens is 272 g/mol. The highest BCUT2D eigenvalue weighted by Gasteiger charge is 2.21. The van der Waals surface area contributed by atoms with Crippen molar-refractivity contribution < 1.29 is 9.53 Å². The number of thiocarbonyl (C=S) groups is 1. The van der Waals surface area contributed by atoms with Gasteiger partial charge in [-0.15, -0.1) is 0 Å². The van der Waals surface area contributed by atoms with E-state index in [0.717, 1.165) is 11.4 Å². The molecule has 0 saturated heterocycles. The monoisotopic (exact) mass is 292 g/mol. The second-order valence-electron chi connectivity index (χ2n) is 5.28. The average molecular weight is 292 g/mol. The molecule has 20 heavy (non-hydrogen) atoms. The van der Waals surface area contributed by atoms with Crippen LogP contribution in [-0.2, 0) is 4.79 Å². The van der Waals surface area contributed by atoms with Crippen LogP contribution >= 0.6 is 12.2 Å². The maximum atomic E-state index is 11.8. The summed E-state index contributed by atoms with van der Waals surface area (Å²) in [6.07, 6.45) is 1.68. The Morgan fingerprint density at radius 2 is 1.95 bits per heavy atom. The summed E-state index contributed by atoms with van der Waals surface area (Å²) in [5, 5.41) is 5.89. The predicted molar refractivity (Wildman–Crippen MR) is 86.0 cm³/mol. The van der Waals surface area contributed by atoms with Gasteiger partial charge in [0.05, 0.1) is 0 Å². The minimum absolute atomic E-state index is 0.124. The summed E-state index contributed by atoms with van der Waals surface area (Å²) in [5.74, 6) is 0.626. The number of benzene rings is 1. The highest BCUT2D eigenvalue weighted by Crippen LogP contribution is 2.16. The van der Waals surface area contributed by atoms with E-state index < -0.39 is 5.41 Å². The maximum absolute atomic E-state index is 11.8. The van der Waals surface area contributed by atoms with Crippen molar-refractivity contribution in [3.8, 4) is 5.75 Å². The molecule has 2 N–H and O–H groups in total. The van der Waals surface area contributed by atoms with E-state index in [-0.39, 0.29) is 11.0 Å². The highest BCUT2D eigenvalue weighted by molar-refractivity contribution is 7.80. The fourth-order valence-corrected chi connectivity index (χ4v) is 1.45. The summed E-state index contributed by atoms with van der Waals surface area (Å²) < 4.78 is 5.38. The van der Waals surface area contributed by atoms with Crippen molar-refractivity contribution in [3.63, 3.8) is 0 Å². The van der Waals surface area contributed by atoms with Crippen molar-refractivity contribution in [2.75, 3.05) is 11.9 Å². The van der Waals surface area contributed by atoms with Crippen LogP contribution in [0.25, 0.3) is 0 Å². The van der Waals surface area contributed by atoms with Gasteiger partial charge in [-0.2, -0.15) is 0 Å². The van der Waals surface area contributed by atoms with Gasteiger partial charge in [0.2, 0.25) is 5.91 Å². The van der Waals surface area contributed by atoms with Gasteiger partial charge < -0.3 is 15.4 Å². The lowest BCUT2D eigenvalue weighted by atomic mass is 9.96. The lowest BCUT2D eigenvalue weighted by molar-refractivity contribution is -0.126. The van der Waals surface area contributed by atoms with E-state index in [9.17, 15) is 4.79 Å². The van der Waals surface area contributed by atoms with Gasteiger partial charge in [0.1, 0.15) is 12.4 Å². The molecule has 0 aromatic heterocycles. The van der Waals surface area contributed by atoms with Crippen LogP contribution in [0.15, 0.2) is 36.9 Å². The van der Waals surface area contributed by atoms with Crippen LogP contribution in [0.3, 0.4) is 0 Å². The lowest BCUT2D eigenvalue weighted by Gasteiger charge is -2.18. The van der Waals surface area contributed by atoms with Crippen LogP contribution in [0.2, 0.25) is 0 Å². The third-order valence-corrected chi connectivity index (χ3v) is 2.59. The van der Waals surface area contributed by atoms with Gasteiger partial charge >= 0.3 is 0 Å². The topological polar surface area (TPSA) is 50.4 Å². The number of anilines is 1. The molecule has 0 bridgehead atoms. The van der Waals surface area contributed by atoms with E-state index in [1.54, 1.807) is 6.08 Å². The zero-order valence-electron chi connectivity index (χ0n) is 12.0. The second kappa shape index (κ2) is 7.05. The normalized spacial score (nSPS) is 10.6. The number of hydrogen-bond donors (Lipinski definition) is 2. The van der Waals surface area contributed by atoms with E-state index in [0.29, 0.717) is 6.61 Å². The first-order chi connectivity index (χ1) is 9.32. The van der Waals surface area contributed by atoms with Gasteiger partial charge in [0, 0.05) is 11.1 Å². The summed E-state index contributed by atoms with van der Waals surface area (Å²) in [4.78, 5) is 11.8. The molecule has 0 heterocycles. The lowest BCUT2D eigenvalue weighted by Crippen LogP contribution is -2.41. The first-order valence-corrected chi connectivity index (χ1v) is 6.70. The summed E-state index contributed by atoms with van der Waals surface area (Å²) in [7, 11) is 0. The number of carbonyl (C=O) groups is 1. The van der Waals surface area contributed by atoms with Crippen LogP contribution in [0.5, 0.6) is 5.75 Å². The smallest absolute Gasteiger partial charge is 0.231 e. The molecule has 0 aliphatic heterocycles. The molecule has 1 aromatic rings. The Morgan fingerprint density at radius 1 is 1.35 bits per heavy atom. The van der Waals surface area contributed by atoms with Crippen LogP contribution in [0, 0.1) is 5.41 Å². The Morgan fingerprint density at radius 3 is 2.45 bits per heavy atom. The van der Waals surface area contributed by atoms with E-state index in [4.69, 9.17) is 17.0 Å². The minimum atomic E-state index is -0.478. The summed E-state index contributed by atoms with van der Waals surface area (Å²) in [6.45, 7) is 9.54. The molecule has 108 valence electrons. The molecule has 0 unspecified atom stereocenters. The Bertz CT molecular complexity index is 490. The highest BCUT2D eigenvalue weighted by atomic mass is 32.1. The molecule has 0 aliphatic rings. The number of amides is 1. The van der Waals surface area contributed by atoms with Crippen LogP contribution in [0.4, 0.5) is 5.69 Å². The molecule has 0 spiro atoms. The molecule has 1 rings (SSSR count). The zero-order chi connectivity index (χ0) is 15.2. The van der Waals surface area contributed by atoms with Gasteiger partial charge in [0.15, 0.2) is 5.11 Å². The van der Waals surface area contributed by atoms with E-state index in [1.165, 1.54) is 0 Å². The molecule has 0 atom stereocenters. The van der Waals surface area contributed by atoms with Crippen molar-refractivity contribution >= 4 is 28.9 Å². The SMILES string of the molecule is C=CCOc1ccc(NC(=S)NC(=O)C(C)(C)C)cc1. The van der Waals surface area contributed by atoms with Crippen molar-refractivity contribution in [1.82, 2.24) is 5.32 Å². The van der Waals surface area contributed by atoms with Gasteiger partial charge in [0.25, 0.3) is 0 Å². The Hall–Kier alpha value is -1.88. The molecule has 0 radical (unpaired) electrons. The third kappa shape index (κ3) is 5.40. The third-order valence-electron chi connectivity index (χ3n) is 2.39. The second-order valence-corrected chi connectivity index (χ2v) is 5.69. The Kier molecular flexibility index (Phi) is 5.70. The number of rotatable bonds is 4. The predicted octanol–water partition coefficient (Wildman–Crippen LogP) is 3.11. The average Bonchev–Trinajstić information content (AvgIpc) is 2.36. The van der Waals surface area contributed by atoms with Gasteiger partial charge in [-0.3, -0.25) is 4.79 Å². The number of carbonyl (C=O) groups excluding carboxylic acids is 1. The molecule has 4 nitrogen and oxygen atoms in total. The zero-order valence-corrected chi connectivity index (χ0v) is 12.8. The van der Waals surface area contributed by atoms with Gasteiger partial charge in [-0.05, 0) is 36.5 Å². The molecule has 1 amide bonds. The van der Waals surface area contributed by atoms with Crippen LogP contribution < -0.4 is 15.4 Å². The van der Waals surface area contributed by atoms with Crippen LogP contribution in [-0.4, -0.2) is 17.6 Å². The Balaban J connectivity index is 2.54. The standard InChI is InChI=1S/C15H20N2O2S/c1-5-10-19-12-8-6-11(7-9-12)16-14(20)17-13(18)15(2,3)4/h5-9H,1,10H2,2-4H3,(H2,16,17,18,20). The first kappa shape index (κ1) is 16.2. The van der Waals surface area contributed by atoms with Crippen molar-refractivity contribution in [2.45, 2.75) is 20.8 Å². The van der Waals surface area contributed by atoms with Gasteiger partial charge in [-0.25, -0.2) is 0 Å². The summed E-state index contributed by atoms with van der Waals surface area (Å²) >= 11 is 5.10. The maximum Gasteiger partial charge on any atom is 0.231 e. The molecular formula is C15H20N2O2S. The van der Waals surface area contributed by atoms with Crippen molar-refractivity contribution in [2.24, 2.45) is 5.41 Å². The van der Waals surface area contributed by atoms with Crippen LogP contribution in [0.1, 0.15) is 20.8 Å². The summed E-state index contributed by atoms with van der Waals surface area (Å²) in [5.41, 5.74) is 0.309. The largest absolute Gasteiger partial charge is 0.490 e. The quantitative estimate of drug-likeness (QED) is 0.661. The van der Waals surface area contributed by atoms with Crippen molar-refractivity contribution in [3.05, 3.63) is 36.9 Å². The number of ether oxygens (including phenoxy) is 1. The number of nitrogens with one attached hydrogen (secondary N) is 2. The Labute approximate surface area is 125 Å². The molecule has 0 saturated carbocycles. The van der Waals surface area contributed by atoms with Crippen molar-refractivity contribution in [1.29, 1.82) is 0 Å². The fraction of sp³-hybridized carbons (Fsp3) is 0.333. The van der Waals surface area contributed by atoms with E-state index in [1.807, 2.05) is 45.0 Å².